The fourth-order valence-electron chi connectivity index (χ4n) is 5.62. The minimum Gasteiger partial charge on any atom is -0.379 e. The van der Waals surface area contributed by atoms with Crippen LogP contribution < -0.4 is 0 Å². The van der Waals surface area contributed by atoms with E-state index in [0.29, 0.717) is 17.6 Å². The molecule has 4 heterocycles. The summed E-state index contributed by atoms with van der Waals surface area (Å²) >= 11 is 1.56. The number of morpholine rings is 1. The maximum atomic E-state index is 13.6. The average Bonchev–Trinajstić information content (AvgIpc) is 3.53. The lowest BCUT2D eigenvalue weighted by Gasteiger charge is -2.38. The van der Waals surface area contributed by atoms with E-state index in [1.165, 1.54) is 22.4 Å². The molecule has 9 heteroatoms. The molecular weight excluding hydrogens is 492 g/mol. The Labute approximate surface area is 215 Å². The van der Waals surface area contributed by atoms with Crippen LogP contribution in [-0.2, 0) is 14.8 Å². The third-order valence-electron chi connectivity index (χ3n) is 7.56. The van der Waals surface area contributed by atoms with E-state index >= 15 is 0 Å². The Hall–Kier alpha value is -2.59. The van der Waals surface area contributed by atoms with Crippen molar-refractivity contribution in [3.8, 4) is 11.3 Å². The van der Waals surface area contributed by atoms with Crippen molar-refractivity contribution in [1.82, 2.24) is 18.8 Å². The van der Waals surface area contributed by atoms with Crippen molar-refractivity contribution in [2.24, 2.45) is 0 Å². The maximum absolute atomic E-state index is 13.6. The van der Waals surface area contributed by atoms with Crippen LogP contribution in [0.4, 0.5) is 0 Å². The van der Waals surface area contributed by atoms with E-state index in [1.54, 1.807) is 41.8 Å². The van der Waals surface area contributed by atoms with Gasteiger partial charge in [-0.25, -0.2) is 22.4 Å². The van der Waals surface area contributed by atoms with E-state index < -0.39 is 10.0 Å². The predicted molar refractivity (Wildman–Crippen MR) is 142 cm³/mol. The van der Waals surface area contributed by atoms with Gasteiger partial charge in [0.25, 0.3) is 10.0 Å². The van der Waals surface area contributed by atoms with Gasteiger partial charge in [0.15, 0.2) is 5.65 Å². The summed E-state index contributed by atoms with van der Waals surface area (Å²) in [7, 11) is -3.79. The number of hydrogen-bond donors (Lipinski definition) is 0. The van der Waals surface area contributed by atoms with E-state index in [9.17, 15) is 8.42 Å². The third kappa shape index (κ3) is 4.38. The van der Waals surface area contributed by atoms with E-state index in [-0.39, 0.29) is 4.90 Å². The maximum Gasteiger partial charge on any atom is 0.269 e. The summed E-state index contributed by atoms with van der Waals surface area (Å²) in [6.45, 7) is 5.69. The topological polar surface area (TPSA) is 77.3 Å². The second-order valence-corrected chi connectivity index (χ2v) is 12.6. The predicted octanol–water partition coefficient (Wildman–Crippen LogP) is 5.06. The van der Waals surface area contributed by atoms with Crippen molar-refractivity contribution in [3.05, 3.63) is 64.7 Å². The molecule has 0 atom stereocenters. The lowest BCUT2D eigenvalue weighted by molar-refractivity contribution is 0.00729. The Balaban J connectivity index is 1.36. The molecule has 1 saturated carbocycles. The average molecular weight is 523 g/mol. The molecule has 1 saturated heterocycles. The van der Waals surface area contributed by atoms with Gasteiger partial charge in [-0.3, -0.25) is 4.90 Å². The van der Waals surface area contributed by atoms with E-state index in [1.807, 2.05) is 24.6 Å². The summed E-state index contributed by atoms with van der Waals surface area (Å²) < 4.78 is 34.0. The van der Waals surface area contributed by atoms with Crippen LogP contribution in [0.3, 0.4) is 0 Å². The lowest BCUT2D eigenvalue weighted by atomic mass is 9.81. The normalized spacial score (nSPS) is 21.7. The number of nitrogens with zero attached hydrogens (tertiary/aromatic N) is 4. The molecule has 3 aromatic heterocycles. The first-order valence-electron chi connectivity index (χ1n) is 12.6. The summed E-state index contributed by atoms with van der Waals surface area (Å²) in [5.41, 5.74) is 3.24. The zero-order valence-corrected chi connectivity index (χ0v) is 22.0. The first-order valence-corrected chi connectivity index (χ1v) is 14.9. The highest BCUT2D eigenvalue weighted by molar-refractivity contribution is 7.90. The number of ether oxygens (including phenoxy) is 1. The number of pyridine rings is 1. The molecule has 0 N–H and O–H groups in total. The quantitative estimate of drug-likeness (QED) is 0.365. The summed E-state index contributed by atoms with van der Waals surface area (Å²) in [5, 5.41) is 3.78. The summed E-state index contributed by atoms with van der Waals surface area (Å²) in [6.07, 6.45) is 8.14. The molecule has 1 aliphatic carbocycles. The van der Waals surface area contributed by atoms with Crippen LogP contribution >= 0.6 is 11.3 Å². The van der Waals surface area contributed by atoms with Crippen LogP contribution in [0.15, 0.2) is 59.1 Å². The van der Waals surface area contributed by atoms with Gasteiger partial charge in [-0.05, 0) is 62.3 Å². The molecule has 4 aromatic rings. The Bertz CT molecular complexity index is 1470. The monoisotopic (exact) mass is 522 g/mol. The van der Waals surface area contributed by atoms with Crippen LogP contribution in [-0.4, -0.2) is 59.6 Å². The van der Waals surface area contributed by atoms with Gasteiger partial charge in [-0.2, -0.15) is 0 Å². The molecule has 0 unspecified atom stereocenters. The molecule has 1 aromatic carbocycles. The summed E-state index contributed by atoms with van der Waals surface area (Å²) in [5.74, 6) is 0.429. The molecule has 36 heavy (non-hydrogen) atoms. The second kappa shape index (κ2) is 9.70. The van der Waals surface area contributed by atoms with Crippen molar-refractivity contribution >= 4 is 32.4 Å². The van der Waals surface area contributed by atoms with E-state index in [0.717, 1.165) is 60.8 Å². The molecule has 0 amide bonds. The van der Waals surface area contributed by atoms with Gasteiger partial charge in [-0.1, -0.05) is 18.2 Å². The fourth-order valence-corrected chi connectivity index (χ4v) is 7.57. The van der Waals surface area contributed by atoms with Crippen molar-refractivity contribution < 1.29 is 13.2 Å². The Morgan fingerprint density at radius 1 is 1.06 bits per heavy atom. The number of rotatable bonds is 5. The van der Waals surface area contributed by atoms with Crippen molar-refractivity contribution in [1.29, 1.82) is 0 Å². The number of aromatic nitrogens is 3. The van der Waals surface area contributed by atoms with Crippen LogP contribution in [0.1, 0.15) is 42.2 Å². The first-order chi connectivity index (χ1) is 17.5. The molecule has 0 radical (unpaired) electrons. The SMILES string of the molecule is Cc1nc(-c2cn(S(=O)(=O)c3ccccc3)c3ncc(C4CCC(N5CCOCC5)CC4)cc23)cs1. The van der Waals surface area contributed by atoms with Crippen molar-refractivity contribution in [2.75, 3.05) is 26.3 Å². The zero-order valence-electron chi connectivity index (χ0n) is 20.3. The van der Waals surface area contributed by atoms with Gasteiger partial charge < -0.3 is 4.74 Å². The van der Waals surface area contributed by atoms with Gasteiger partial charge in [0.1, 0.15) is 0 Å². The largest absolute Gasteiger partial charge is 0.379 e. The van der Waals surface area contributed by atoms with Gasteiger partial charge in [-0.15, -0.1) is 11.3 Å². The van der Waals surface area contributed by atoms with Crippen molar-refractivity contribution in [3.63, 3.8) is 0 Å². The van der Waals surface area contributed by atoms with E-state index in [2.05, 4.69) is 16.0 Å². The van der Waals surface area contributed by atoms with Crippen LogP contribution in [0, 0.1) is 6.92 Å². The summed E-state index contributed by atoms with van der Waals surface area (Å²) in [6, 6.07) is 11.3. The minimum absolute atomic E-state index is 0.246. The standard InChI is InChI=1S/C27H30N4O3S2/c1-19-29-26(18-35-19)25-17-31(36(32,33)23-5-3-2-4-6-23)27-24(25)15-21(16-28-27)20-7-9-22(10-8-20)30-11-13-34-14-12-30/h2-6,15-18,20,22H,7-14H2,1H3. The van der Waals surface area contributed by atoms with E-state index in [4.69, 9.17) is 9.72 Å². The first kappa shape index (κ1) is 23.8. The van der Waals surface area contributed by atoms with Gasteiger partial charge in [0.05, 0.1) is 28.8 Å². The molecule has 6 rings (SSSR count). The lowest BCUT2D eigenvalue weighted by Crippen LogP contribution is -2.44. The van der Waals surface area contributed by atoms with Crippen molar-refractivity contribution in [2.45, 2.75) is 49.5 Å². The van der Waals surface area contributed by atoms with Gasteiger partial charge in [0, 0.05) is 47.9 Å². The summed E-state index contributed by atoms with van der Waals surface area (Å²) in [4.78, 5) is 12.2. The fraction of sp³-hybridized carbons (Fsp3) is 0.407. The highest BCUT2D eigenvalue weighted by atomic mass is 32.2. The Morgan fingerprint density at radius 3 is 2.50 bits per heavy atom. The zero-order chi connectivity index (χ0) is 24.7. The highest BCUT2D eigenvalue weighted by Crippen LogP contribution is 2.38. The third-order valence-corrected chi connectivity index (χ3v) is 10.00. The second-order valence-electron chi connectivity index (χ2n) is 9.70. The highest BCUT2D eigenvalue weighted by Gasteiger charge is 2.29. The number of thiazole rings is 1. The van der Waals surface area contributed by atoms with Crippen LogP contribution in [0.25, 0.3) is 22.3 Å². The molecule has 2 fully saturated rings. The number of hydrogen-bond acceptors (Lipinski definition) is 7. The molecule has 7 nitrogen and oxygen atoms in total. The number of benzene rings is 1. The molecular formula is C27H30N4O3S2. The Morgan fingerprint density at radius 2 is 1.81 bits per heavy atom. The Kier molecular flexibility index (Phi) is 6.41. The molecule has 0 bridgehead atoms. The van der Waals surface area contributed by atoms with Gasteiger partial charge in [0.2, 0.25) is 0 Å². The minimum atomic E-state index is -3.79. The molecule has 2 aliphatic rings. The van der Waals surface area contributed by atoms with Gasteiger partial charge >= 0.3 is 0 Å². The number of aryl methyl sites for hydroxylation is 1. The van der Waals surface area contributed by atoms with Crippen LogP contribution in [0.2, 0.25) is 0 Å². The van der Waals surface area contributed by atoms with Crippen LogP contribution in [0.5, 0.6) is 0 Å². The number of fused-ring (bicyclic) bond motifs is 1. The smallest absolute Gasteiger partial charge is 0.269 e. The molecule has 1 aliphatic heterocycles. The molecule has 188 valence electrons. The molecule has 0 spiro atoms.